The van der Waals surface area contributed by atoms with E-state index in [1.807, 2.05) is 5.10 Å². The number of nitrogens with zero attached hydrogens (tertiary/aromatic N) is 2. The fraction of sp³-hybridized carbons (Fsp3) is 0.200. The van der Waals surface area contributed by atoms with Crippen LogP contribution in [0.1, 0.15) is 16.3 Å². The highest BCUT2D eigenvalue weighted by molar-refractivity contribution is 7.09. The number of phenolic OH excluding ortho intramolecular Hbond substituents is 2. The van der Waals surface area contributed by atoms with Crippen LogP contribution >= 0.6 is 11.3 Å². The molecular weight excluding hydrogens is 343 g/mol. The van der Waals surface area contributed by atoms with Gasteiger partial charge < -0.3 is 10.2 Å². The molecule has 0 saturated heterocycles. The van der Waals surface area contributed by atoms with Crippen LogP contribution in [0.5, 0.6) is 11.5 Å². The molecule has 0 saturated carbocycles. The molecule has 0 aliphatic carbocycles. The molecule has 0 spiro atoms. The van der Waals surface area contributed by atoms with Crippen molar-refractivity contribution in [3.63, 3.8) is 0 Å². The number of thiazole rings is 1. The average molecular weight is 355 g/mol. The van der Waals surface area contributed by atoms with Crippen molar-refractivity contribution in [1.29, 1.82) is 0 Å². The molecule has 0 radical (unpaired) electrons. The zero-order valence-corrected chi connectivity index (χ0v) is 13.4. The Morgan fingerprint density at radius 2 is 1.83 bits per heavy atom. The molecule has 5 nitrogen and oxygen atoms in total. The molecule has 0 unspecified atom stereocenters. The van der Waals surface area contributed by atoms with Crippen LogP contribution in [0.25, 0.3) is 22.5 Å². The minimum Gasteiger partial charge on any atom is -0.508 e. The maximum atomic E-state index is 13.3. The number of rotatable bonds is 2. The lowest BCUT2D eigenvalue weighted by atomic mass is 9.98. The predicted molar refractivity (Wildman–Crippen MR) is 82.9 cm³/mol. The average Bonchev–Trinajstić information content (AvgIpc) is 3.03. The Bertz CT molecular complexity index is 892. The van der Waals surface area contributed by atoms with Crippen molar-refractivity contribution in [3.05, 3.63) is 33.8 Å². The van der Waals surface area contributed by atoms with Gasteiger partial charge in [-0.2, -0.15) is 18.3 Å². The third kappa shape index (κ3) is 2.71. The maximum absolute atomic E-state index is 13.3. The van der Waals surface area contributed by atoms with Crippen molar-refractivity contribution < 1.29 is 23.4 Å². The first-order valence-corrected chi connectivity index (χ1v) is 7.67. The third-order valence-electron chi connectivity index (χ3n) is 3.46. The van der Waals surface area contributed by atoms with Crippen molar-refractivity contribution in [2.45, 2.75) is 20.0 Å². The van der Waals surface area contributed by atoms with Crippen LogP contribution in [0.2, 0.25) is 0 Å². The highest BCUT2D eigenvalue weighted by Gasteiger charge is 2.39. The van der Waals surface area contributed by atoms with Crippen molar-refractivity contribution in [3.8, 4) is 34.0 Å². The number of alkyl halides is 3. The maximum Gasteiger partial charge on any atom is 0.433 e. The van der Waals surface area contributed by atoms with E-state index in [1.165, 1.54) is 22.8 Å². The molecule has 3 N–H and O–H groups in total. The van der Waals surface area contributed by atoms with Crippen LogP contribution in [-0.4, -0.2) is 25.4 Å². The van der Waals surface area contributed by atoms with Gasteiger partial charge in [-0.1, -0.05) is 0 Å². The number of aromatic hydroxyl groups is 2. The summed E-state index contributed by atoms with van der Waals surface area (Å²) in [6, 6.07) is 2.40. The second-order valence-electron chi connectivity index (χ2n) is 5.23. The highest BCUT2D eigenvalue weighted by atomic mass is 32.1. The summed E-state index contributed by atoms with van der Waals surface area (Å²) in [6.07, 6.45) is -4.65. The lowest BCUT2D eigenvalue weighted by Crippen LogP contribution is -2.07. The van der Waals surface area contributed by atoms with Crippen molar-refractivity contribution in [2.75, 3.05) is 0 Å². The van der Waals surface area contributed by atoms with E-state index in [9.17, 15) is 23.4 Å². The number of aromatic amines is 1. The van der Waals surface area contributed by atoms with Crippen LogP contribution in [-0.2, 0) is 6.18 Å². The highest BCUT2D eigenvalue weighted by Crippen LogP contribution is 2.44. The molecule has 0 fully saturated rings. The van der Waals surface area contributed by atoms with Crippen LogP contribution in [0.4, 0.5) is 13.2 Å². The summed E-state index contributed by atoms with van der Waals surface area (Å²) in [5, 5.41) is 27.5. The Labute approximate surface area is 138 Å². The second-order valence-corrected chi connectivity index (χ2v) is 6.29. The fourth-order valence-corrected chi connectivity index (χ4v) is 3.12. The van der Waals surface area contributed by atoms with E-state index in [0.717, 1.165) is 6.07 Å². The number of benzene rings is 1. The fourth-order valence-electron chi connectivity index (χ4n) is 2.51. The van der Waals surface area contributed by atoms with Gasteiger partial charge in [-0.05, 0) is 25.5 Å². The van der Waals surface area contributed by atoms with E-state index in [0.29, 0.717) is 10.6 Å². The molecule has 9 heteroatoms. The first-order chi connectivity index (χ1) is 11.2. The van der Waals surface area contributed by atoms with Crippen molar-refractivity contribution >= 4 is 11.3 Å². The number of aryl methyl sites for hydroxylation is 2. The van der Waals surface area contributed by atoms with Gasteiger partial charge in [0.1, 0.15) is 22.9 Å². The molecule has 2 heterocycles. The van der Waals surface area contributed by atoms with Gasteiger partial charge in [0.25, 0.3) is 0 Å². The minimum atomic E-state index is -4.65. The number of aromatic nitrogens is 3. The minimum absolute atomic E-state index is 0.0670. The Kier molecular flexibility index (Phi) is 3.75. The van der Waals surface area contributed by atoms with E-state index in [4.69, 9.17) is 0 Å². The summed E-state index contributed by atoms with van der Waals surface area (Å²) in [6.45, 7) is 3.25. The quantitative estimate of drug-likeness (QED) is 0.642. The summed E-state index contributed by atoms with van der Waals surface area (Å²) in [5.74, 6) is -0.549. The van der Waals surface area contributed by atoms with Gasteiger partial charge in [-0.3, -0.25) is 5.10 Å². The van der Waals surface area contributed by atoms with Crippen LogP contribution in [0, 0.1) is 13.8 Å². The molecule has 3 aromatic rings. The summed E-state index contributed by atoms with van der Waals surface area (Å²) >= 11 is 1.21. The molecule has 0 amide bonds. The van der Waals surface area contributed by atoms with Gasteiger partial charge in [0, 0.05) is 17.0 Å². The monoisotopic (exact) mass is 355 g/mol. The summed E-state index contributed by atoms with van der Waals surface area (Å²) < 4.78 is 40.0. The van der Waals surface area contributed by atoms with Gasteiger partial charge in [0.2, 0.25) is 0 Å². The van der Waals surface area contributed by atoms with Gasteiger partial charge in [-0.25, -0.2) is 4.98 Å². The number of hydrogen-bond acceptors (Lipinski definition) is 5. The Balaban J connectivity index is 2.33. The molecule has 0 bridgehead atoms. The topological polar surface area (TPSA) is 82.0 Å². The predicted octanol–water partition coefficient (Wildman–Crippen LogP) is 4.25. The largest absolute Gasteiger partial charge is 0.508 e. The SMILES string of the molecule is Cc1nc(-c2c(-c3c(C)cc(O)cc3O)n[nH]c2C(F)(F)F)cs1. The normalized spacial score (nSPS) is 11.9. The zero-order valence-electron chi connectivity index (χ0n) is 12.6. The Morgan fingerprint density at radius 1 is 1.12 bits per heavy atom. The van der Waals surface area contributed by atoms with Crippen LogP contribution in [0.15, 0.2) is 17.5 Å². The Morgan fingerprint density at radius 3 is 2.38 bits per heavy atom. The van der Waals surface area contributed by atoms with Gasteiger partial charge in [0.05, 0.1) is 16.3 Å². The van der Waals surface area contributed by atoms with Crippen molar-refractivity contribution in [1.82, 2.24) is 15.2 Å². The number of hydrogen-bond donors (Lipinski definition) is 3. The first-order valence-electron chi connectivity index (χ1n) is 6.79. The van der Waals surface area contributed by atoms with Gasteiger partial charge in [-0.15, -0.1) is 11.3 Å². The molecule has 3 rings (SSSR count). The Hall–Kier alpha value is -2.55. The van der Waals surface area contributed by atoms with Gasteiger partial charge in [0.15, 0.2) is 0 Å². The van der Waals surface area contributed by atoms with E-state index in [1.54, 1.807) is 13.8 Å². The summed E-state index contributed by atoms with van der Waals surface area (Å²) in [7, 11) is 0. The number of nitrogens with one attached hydrogen (secondary N) is 1. The molecule has 24 heavy (non-hydrogen) atoms. The second kappa shape index (κ2) is 5.52. The lowest BCUT2D eigenvalue weighted by molar-refractivity contribution is -0.140. The first kappa shape index (κ1) is 16.3. The number of H-pyrrole nitrogens is 1. The molecule has 1 aromatic carbocycles. The van der Waals surface area contributed by atoms with Gasteiger partial charge >= 0.3 is 6.18 Å². The van der Waals surface area contributed by atoms with E-state index in [-0.39, 0.29) is 34.0 Å². The van der Waals surface area contributed by atoms with E-state index in [2.05, 4.69) is 10.1 Å². The molecule has 126 valence electrons. The van der Waals surface area contributed by atoms with E-state index < -0.39 is 11.9 Å². The zero-order chi connectivity index (χ0) is 17.6. The molecule has 0 atom stereocenters. The molecule has 0 aliphatic rings. The lowest BCUT2D eigenvalue weighted by Gasteiger charge is -2.10. The van der Waals surface area contributed by atoms with E-state index >= 15 is 0 Å². The van der Waals surface area contributed by atoms with Crippen molar-refractivity contribution in [2.24, 2.45) is 0 Å². The number of phenols is 2. The summed E-state index contributed by atoms with van der Waals surface area (Å²) in [4.78, 5) is 4.12. The number of halogens is 3. The third-order valence-corrected chi connectivity index (χ3v) is 4.23. The molecule has 2 aromatic heterocycles. The standard InChI is InChI=1S/C15H12F3N3O2S/c1-6-3-8(22)4-10(23)11(6)13-12(9-5-24-7(2)19-9)14(21-20-13)15(16,17)18/h3-5,22-23H,1-2H3,(H,20,21). The van der Waals surface area contributed by atoms with Crippen LogP contribution in [0.3, 0.4) is 0 Å². The molecule has 0 aliphatic heterocycles. The smallest absolute Gasteiger partial charge is 0.433 e. The molecular formula is C15H12F3N3O2S. The van der Waals surface area contributed by atoms with Crippen LogP contribution < -0.4 is 0 Å². The summed E-state index contributed by atoms with van der Waals surface area (Å²) in [5.41, 5.74) is -0.699.